The molecular formula is C17H23BrN2S. The van der Waals surface area contributed by atoms with Crippen molar-refractivity contribution in [2.75, 3.05) is 18.4 Å². The summed E-state index contributed by atoms with van der Waals surface area (Å²) in [6.45, 7) is 10.6. The third-order valence-corrected chi connectivity index (χ3v) is 5.80. The van der Waals surface area contributed by atoms with Gasteiger partial charge in [0.25, 0.3) is 0 Å². The molecule has 0 aliphatic carbocycles. The van der Waals surface area contributed by atoms with Crippen LogP contribution in [0, 0.1) is 6.92 Å². The fourth-order valence-corrected chi connectivity index (χ4v) is 3.85. The largest absolute Gasteiger partial charge is 0.380 e. The Bertz CT molecular complexity index is 556. The van der Waals surface area contributed by atoms with Crippen LogP contribution in [-0.4, -0.2) is 18.0 Å². The predicted molar refractivity (Wildman–Crippen MR) is 97.1 cm³/mol. The predicted octanol–water partition coefficient (Wildman–Crippen LogP) is 5.27. The van der Waals surface area contributed by atoms with Crippen LogP contribution in [0.1, 0.15) is 29.2 Å². The highest BCUT2D eigenvalue weighted by Crippen LogP contribution is 2.27. The average Bonchev–Trinajstić information content (AvgIpc) is 2.82. The Morgan fingerprint density at radius 2 is 1.90 bits per heavy atom. The number of hydrogen-bond acceptors (Lipinski definition) is 3. The Morgan fingerprint density at radius 3 is 2.52 bits per heavy atom. The summed E-state index contributed by atoms with van der Waals surface area (Å²) in [5.74, 6) is 0. The second-order valence-electron chi connectivity index (χ2n) is 5.09. The van der Waals surface area contributed by atoms with E-state index in [9.17, 15) is 0 Å². The fourth-order valence-electron chi connectivity index (χ4n) is 2.31. The van der Waals surface area contributed by atoms with Crippen molar-refractivity contribution in [3.05, 3.63) is 50.1 Å². The molecule has 0 bridgehead atoms. The van der Waals surface area contributed by atoms with Crippen LogP contribution in [0.2, 0.25) is 0 Å². The van der Waals surface area contributed by atoms with E-state index >= 15 is 0 Å². The molecule has 21 heavy (non-hydrogen) atoms. The van der Waals surface area contributed by atoms with E-state index in [1.807, 2.05) is 11.3 Å². The summed E-state index contributed by atoms with van der Waals surface area (Å²) in [7, 11) is 0. The van der Waals surface area contributed by atoms with Gasteiger partial charge in [0, 0.05) is 33.0 Å². The first kappa shape index (κ1) is 16.5. The highest BCUT2D eigenvalue weighted by Gasteiger charge is 2.07. The Labute approximate surface area is 140 Å². The Morgan fingerprint density at radius 1 is 1.19 bits per heavy atom. The molecule has 0 radical (unpaired) electrons. The summed E-state index contributed by atoms with van der Waals surface area (Å²) in [4.78, 5) is 5.13. The first-order valence-corrected chi connectivity index (χ1v) is 9.03. The smallest absolute Gasteiger partial charge is 0.0494 e. The second-order valence-corrected chi connectivity index (χ2v) is 7.28. The van der Waals surface area contributed by atoms with Gasteiger partial charge in [0.05, 0.1) is 0 Å². The van der Waals surface area contributed by atoms with E-state index in [2.05, 4.69) is 77.2 Å². The van der Waals surface area contributed by atoms with E-state index in [1.54, 1.807) is 0 Å². The molecule has 1 aromatic heterocycles. The molecule has 0 aliphatic heterocycles. The van der Waals surface area contributed by atoms with Crippen LogP contribution in [0.25, 0.3) is 0 Å². The molecule has 0 saturated heterocycles. The SMILES string of the molecule is CCN(CC)Cc1ccccc1NCc1cc(Br)c(C)s1. The highest BCUT2D eigenvalue weighted by atomic mass is 79.9. The number of halogens is 1. The zero-order valence-electron chi connectivity index (χ0n) is 12.9. The molecule has 114 valence electrons. The molecule has 4 heteroatoms. The summed E-state index contributed by atoms with van der Waals surface area (Å²) in [5.41, 5.74) is 2.61. The van der Waals surface area contributed by atoms with Crippen LogP contribution in [0.4, 0.5) is 5.69 Å². The normalized spacial score (nSPS) is 11.1. The number of thiophene rings is 1. The lowest BCUT2D eigenvalue weighted by molar-refractivity contribution is 0.296. The van der Waals surface area contributed by atoms with Gasteiger partial charge in [-0.3, -0.25) is 4.90 Å². The number of aryl methyl sites for hydroxylation is 1. The van der Waals surface area contributed by atoms with E-state index < -0.39 is 0 Å². The van der Waals surface area contributed by atoms with Gasteiger partial charge in [0.1, 0.15) is 0 Å². The van der Waals surface area contributed by atoms with Crippen molar-refractivity contribution in [2.45, 2.75) is 33.9 Å². The van der Waals surface area contributed by atoms with Crippen LogP contribution in [0.5, 0.6) is 0 Å². The maximum Gasteiger partial charge on any atom is 0.0494 e. The number of nitrogens with one attached hydrogen (secondary N) is 1. The van der Waals surface area contributed by atoms with Gasteiger partial charge in [-0.15, -0.1) is 11.3 Å². The quantitative estimate of drug-likeness (QED) is 0.717. The maximum atomic E-state index is 3.59. The van der Waals surface area contributed by atoms with Crippen molar-refractivity contribution in [3.8, 4) is 0 Å². The van der Waals surface area contributed by atoms with Crippen LogP contribution >= 0.6 is 27.3 Å². The van der Waals surface area contributed by atoms with Gasteiger partial charge in [-0.1, -0.05) is 32.0 Å². The fraction of sp³-hybridized carbons (Fsp3) is 0.412. The number of para-hydroxylation sites is 1. The standard InChI is InChI=1S/C17H23BrN2S/c1-4-20(5-2)12-14-8-6-7-9-17(14)19-11-15-10-16(18)13(3)21-15/h6-10,19H,4-5,11-12H2,1-3H3. The molecule has 0 unspecified atom stereocenters. The van der Waals surface area contributed by atoms with Gasteiger partial charge in [-0.05, 0) is 53.6 Å². The van der Waals surface area contributed by atoms with Crippen molar-refractivity contribution in [1.82, 2.24) is 4.90 Å². The van der Waals surface area contributed by atoms with Crippen molar-refractivity contribution in [3.63, 3.8) is 0 Å². The number of benzene rings is 1. The molecule has 2 aromatic rings. The van der Waals surface area contributed by atoms with Crippen LogP contribution < -0.4 is 5.32 Å². The van der Waals surface area contributed by atoms with Crippen molar-refractivity contribution >= 4 is 33.0 Å². The first-order valence-electron chi connectivity index (χ1n) is 7.43. The van der Waals surface area contributed by atoms with E-state index in [-0.39, 0.29) is 0 Å². The molecule has 0 spiro atoms. The molecule has 1 heterocycles. The molecule has 0 atom stereocenters. The van der Waals surface area contributed by atoms with E-state index in [1.165, 1.54) is 25.5 Å². The van der Waals surface area contributed by atoms with E-state index in [0.29, 0.717) is 0 Å². The maximum absolute atomic E-state index is 3.59. The molecule has 0 fully saturated rings. The van der Waals surface area contributed by atoms with Gasteiger partial charge in [-0.25, -0.2) is 0 Å². The van der Waals surface area contributed by atoms with Crippen molar-refractivity contribution in [1.29, 1.82) is 0 Å². The first-order chi connectivity index (χ1) is 10.1. The number of nitrogens with zero attached hydrogens (tertiary/aromatic N) is 1. The number of anilines is 1. The second kappa shape index (κ2) is 7.97. The van der Waals surface area contributed by atoms with Gasteiger partial charge in [0.15, 0.2) is 0 Å². The Hall–Kier alpha value is -0.840. The van der Waals surface area contributed by atoms with E-state index in [4.69, 9.17) is 0 Å². The van der Waals surface area contributed by atoms with Gasteiger partial charge >= 0.3 is 0 Å². The lowest BCUT2D eigenvalue weighted by Gasteiger charge is -2.20. The lowest BCUT2D eigenvalue weighted by atomic mass is 10.1. The summed E-state index contributed by atoms with van der Waals surface area (Å²) < 4.78 is 1.21. The third kappa shape index (κ3) is 4.56. The van der Waals surface area contributed by atoms with E-state index in [0.717, 1.165) is 26.2 Å². The molecule has 0 aliphatic rings. The zero-order chi connectivity index (χ0) is 15.2. The summed E-state index contributed by atoms with van der Waals surface area (Å²) >= 11 is 5.43. The summed E-state index contributed by atoms with van der Waals surface area (Å²) in [6.07, 6.45) is 0. The average molecular weight is 367 g/mol. The highest BCUT2D eigenvalue weighted by molar-refractivity contribution is 9.10. The molecular weight excluding hydrogens is 344 g/mol. The van der Waals surface area contributed by atoms with Gasteiger partial charge in [0.2, 0.25) is 0 Å². The van der Waals surface area contributed by atoms with Crippen LogP contribution in [0.3, 0.4) is 0 Å². The summed E-state index contributed by atoms with van der Waals surface area (Å²) in [6, 6.07) is 10.8. The molecule has 1 N–H and O–H groups in total. The van der Waals surface area contributed by atoms with Gasteiger partial charge in [-0.2, -0.15) is 0 Å². The lowest BCUT2D eigenvalue weighted by Crippen LogP contribution is -2.22. The minimum Gasteiger partial charge on any atom is -0.380 e. The van der Waals surface area contributed by atoms with Crippen molar-refractivity contribution in [2.24, 2.45) is 0 Å². The topological polar surface area (TPSA) is 15.3 Å². The molecule has 1 aromatic carbocycles. The third-order valence-electron chi connectivity index (χ3n) is 3.67. The minimum absolute atomic E-state index is 0.881. The number of rotatable bonds is 7. The number of hydrogen-bond donors (Lipinski definition) is 1. The Balaban J connectivity index is 2.05. The molecule has 0 saturated carbocycles. The van der Waals surface area contributed by atoms with Crippen LogP contribution in [0.15, 0.2) is 34.8 Å². The van der Waals surface area contributed by atoms with Gasteiger partial charge < -0.3 is 5.32 Å². The van der Waals surface area contributed by atoms with Crippen molar-refractivity contribution < 1.29 is 0 Å². The molecule has 2 nitrogen and oxygen atoms in total. The van der Waals surface area contributed by atoms with Crippen LogP contribution in [-0.2, 0) is 13.1 Å². The summed E-state index contributed by atoms with van der Waals surface area (Å²) in [5, 5.41) is 3.59. The zero-order valence-corrected chi connectivity index (χ0v) is 15.4. The Kier molecular flexibility index (Phi) is 6.27. The molecule has 0 amide bonds. The minimum atomic E-state index is 0.881. The molecule has 2 rings (SSSR count). The monoisotopic (exact) mass is 366 g/mol.